The lowest BCUT2D eigenvalue weighted by atomic mass is 10.1. The van der Waals surface area contributed by atoms with Gasteiger partial charge in [-0.05, 0) is 68.4 Å². The molecule has 2 amide bonds. The van der Waals surface area contributed by atoms with E-state index in [-0.39, 0.29) is 44.9 Å². The smallest absolute Gasteiger partial charge is 0.340 e. The maximum absolute atomic E-state index is 13.7. The fraction of sp³-hybridized carbons (Fsp3) is 0.185. The highest BCUT2D eigenvalue weighted by Crippen LogP contribution is 2.38. The van der Waals surface area contributed by atoms with Gasteiger partial charge in [-0.25, -0.2) is 24.5 Å². The maximum Gasteiger partial charge on any atom is 0.340 e. The lowest BCUT2D eigenvalue weighted by Crippen LogP contribution is -2.33. The first-order valence-electron chi connectivity index (χ1n) is 11.7. The zero-order valence-electron chi connectivity index (χ0n) is 20.8. The average molecular weight is 533 g/mol. The molecule has 0 saturated heterocycles. The van der Waals surface area contributed by atoms with E-state index in [0.717, 1.165) is 16.7 Å². The number of aryl methyl sites for hydroxylation is 2. The second-order valence-corrected chi connectivity index (χ2v) is 9.33. The molecule has 38 heavy (non-hydrogen) atoms. The van der Waals surface area contributed by atoms with Crippen molar-refractivity contribution in [3.8, 4) is 0 Å². The Morgan fingerprint density at radius 1 is 1.00 bits per heavy atom. The molecule has 10 nitrogen and oxygen atoms in total. The monoisotopic (exact) mass is 532 g/mol. The fourth-order valence-corrected chi connectivity index (χ4v) is 4.73. The van der Waals surface area contributed by atoms with Crippen molar-refractivity contribution >= 4 is 46.9 Å². The molecule has 0 spiro atoms. The number of esters is 1. The highest BCUT2D eigenvalue weighted by atomic mass is 32.2. The molecule has 0 saturated carbocycles. The Morgan fingerprint density at radius 3 is 2.39 bits per heavy atom. The number of aromatic nitrogens is 2. The molecule has 2 N–H and O–H groups in total. The summed E-state index contributed by atoms with van der Waals surface area (Å²) in [5, 5.41) is 12.5. The molecule has 3 aromatic rings. The summed E-state index contributed by atoms with van der Waals surface area (Å²) in [7, 11) is 0. The van der Waals surface area contributed by atoms with E-state index in [0.29, 0.717) is 17.8 Å². The molecule has 1 aliphatic heterocycles. The molecule has 0 radical (unpaired) electrons. The van der Waals surface area contributed by atoms with Gasteiger partial charge in [0.2, 0.25) is 0 Å². The molecular formula is C27H24N4O6S. The third-order valence-electron chi connectivity index (χ3n) is 5.38. The van der Waals surface area contributed by atoms with Gasteiger partial charge in [-0.2, -0.15) is 0 Å². The first-order chi connectivity index (χ1) is 18.2. The summed E-state index contributed by atoms with van der Waals surface area (Å²) in [6.07, 6.45) is 0.608. The van der Waals surface area contributed by atoms with Crippen molar-refractivity contribution < 1.29 is 29.0 Å². The van der Waals surface area contributed by atoms with Crippen molar-refractivity contribution in [3.05, 3.63) is 87.7 Å². The van der Waals surface area contributed by atoms with E-state index in [1.165, 1.54) is 30.3 Å². The molecule has 2 heterocycles. The number of carbonyl (C=O) groups excluding carboxylic acids is 3. The van der Waals surface area contributed by atoms with Crippen LogP contribution in [0.25, 0.3) is 0 Å². The van der Waals surface area contributed by atoms with E-state index in [1.807, 2.05) is 6.92 Å². The molecule has 1 aromatic heterocycles. The summed E-state index contributed by atoms with van der Waals surface area (Å²) in [5.74, 6) is -3.21. The number of carboxylic acids is 1. The number of hydrogen-bond donors (Lipinski definition) is 2. The van der Waals surface area contributed by atoms with Crippen LogP contribution in [-0.2, 0) is 14.3 Å². The van der Waals surface area contributed by atoms with E-state index >= 15 is 0 Å². The Hall–Kier alpha value is -4.51. The van der Waals surface area contributed by atoms with Crippen LogP contribution in [0.3, 0.4) is 0 Å². The van der Waals surface area contributed by atoms with E-state index < -0.39 is 23.8 Å². The van der Waals surface area contributed by atoms with Gasteiger partial charge in [0.1, 0.15) is 10.6 Å². The summed E-state index contributed by atoms with van der Waals surface area (Å²) in [4.78, 5) is 61.3. The zero-order chi connectivity index (χ0) is 27.4. The van der Waals surface area contributed by atoms with Gasteiger partial charge in [0, 0.05) is 17.1 Å². The van der Waals surface area contributed by atoms with Crippen molar-refractivity contribution in [2.24, 2.45) is 0 Å². The molecule has 0 bridgehead atoms. The largest absolute Gasteiger partial charge is 0.478 e. The van der Waals surface area contributed by atoms with Crippen molar-refractivity contribution in [1.82, 2.24) is 9.97 Å². The number of imide groups is 1. The van der Waals surface area contributed by atoms with Crippen LogP contribution in [0.5, 0.6) is 0 Å². The fourth-order valence-electron chi connectivity index (χ4n) is 3.75. The van der Waals surface area contributed by atoms with Crippen LogP contribution in [0, 0.1) is 13.8 Å². The van der Waals surface area contributed by atoms with Gasteiger partial charge in [0.15, 0.2) is 5.16 Å². The minimum absolute atomic E-state index is 0.0000826. The van der Waals surface area contributed by atoms with Gasteiger partial charge in [0.05, 0.1) is 23.4 Å². The molecule has 0 aliphatic carbocycles. The molecule has 0 atom stereocenters. The predicted octanol–water partition coefficient (Wildman–Crippen LogP) is 4.35. The average Bonchev–Trinajstić information content (AvgIpc) is 3.10. The number of rotatable bonds is 9. The topological polar surface area (TPSA) is 139 Å². The second-order valence-electron chi connectivity index (χ2n) is 8.35. The van der Waals surface area contributed by atoms with Crippen LogP contribution in [-0.4, -0.2) is 45.4 Å². The Balaban J connectivity index is 1.79. The number of thioether (sulfide) groups is 1. The molecule has 194 valence electrons. The first-order valence-corrected chi connectivity index (χ1v) is 12.5. The second kappa shape index (κ2) is 11.3. The van der Waals surface area contributed by atoms with Gasteiger partial charge in [-0.15, -0.1) is 0 Å². The molecule has 4 rings (SSSR count). The third kappa shape index (κ3) is 5.57. The van der Waals surface area contributed by atoms with Gasteiger partial charge >= 0.3 is 11.9 Å². The van der Waals surface area contributed by atoms with Crippen molar-refractivity contribution in [2.45, 2.75) is 32.3 Å². The maximum atomic E-state index is 13.7. The summed E-state index contributed by atoms with van der Waals surface area (Å²) in [6, 6.07) is 13.8. The van der Waals surface area contributed by atoms with Crippen LogP contribution in [0.15, 0.2) is 70.4 Å². The molecule has 0 unspecified atom stereocenters. The highest BCUT2D eigenvalue weighted by molar-refractivity contribution is 8.04. The quantitative estimate of drug-likeness (QED) is 0.232. The van der Waals surface area contributed by atoms with Crippen LogP contribution >= 0.6 is 11.8 Å². The molecular weight excluding hydrogens is 508 g/mol. The lowest BCUT2D eigenvalue weighted by Gasteiger charge is -2.18. The lowest BCUT2D eigenvalue weighted by molar-refractivity contribution is -0.120. The summed E-state index contributed by atoms with van der Waals surface area (Å²) >= 11 is 0.906. The molecule has 1 aliphatic rings. The molecule has 0 fully saturated rings. The molecule has 11 heteroatoms. The minimum Gasteiger partial charge on any atom is -0.478 e. The highest BCUT2D eigenvalue weighted by Gasteiger charge is 2.42. The predicted molar refractivity (Wildman–Crippen MR) is 141 cm³/mol. The first kappa shape index (κ1) is 26.6. The Morgan fingerprint density at radius 2 is 1.71 bits per heavy atom. The van der Waals surface area contributed by atoms with E-state index in [4.69, 9.17) is 4.74 Å². The number of amides is 2. The number of nitrogens with zero attached hydrogens (tertiary/aromatic N) is 3. The number of anilines is 2. The third-order valence-corrected chi connectivity index (χ3v) is 6.33. The van der Waals surface area contributed by atoms with Crippen LogP contribution in [0.1, 0.15) is 45.4 Å². The van der Waals surface area contributed by atoms with Gasteiger partial charge < -0.3 is 15.2 Å². The summed E-state index contributed by atoms with van der Waals surface area (Å²) in [6.45, 7) is 5.61. The van der Waals surface area contributed by atoms with Crippen molar-refractivity contribution in [1.29, 1.82) is 0 Å². The van der Waals surface area contributed by atoms with E-state index in [1.54, 1.807) is 38.1 Å². The number of para-hydroxylation sites is 1. The van der Waals surface area contributed by atoms with Crippen molar-refractivity contribution in [3.63, 3.8) is 0 Å². The van der Waals surface area contributed by atoms with Crippen LogP contribution < -0.4 is 10.2 Å². The van der Waals surface area contributed by atoms with E-state index in [9.17, 15) is 24.3 Å². The number of hydrogen-bond acceptors (Lipinski definition) is 9. The number of carboxylic acid groups (broad SMARTS) is 1. The standard InChI is InChI=1S/C27H24N4O6S/c1-4-12-37-26(36)19-10-5-6-11-20(19)31-23(32)21(30-18-9-7-8-17(14-18)25(34)35)22(24(31)33)38-27-28-15(2)13-16(3)29-27/h5-11,13-14,30H,4,12H2,1-3H3,(H,34,35). The number of carbonyl (C=O) groups is 4. The summed E-state index contributed by atoms with van der Waals surface area (Å²) in [5.41, 5.74) is 1.69. The number of ether oxygens (including phenoxy) is 1. The zero-order valence-corrected chi connectivity index (χ0v) is 21.7. The van der Waals surface area contributed by atoms with Crippen molar-refractivity contribution in [2.75, 3.05) is 16.8 Å². The number of aromatic carboxylic acids is 1. The molecule has 2 aromatic carbocycles. The minimum atomic E-state index is -1.14. The normalized spacial score (nSPS) is 13.2. The van der Waals surface area contributed by atoms with Crippen LogP contribution in [0.4, 0.5) is 11.4 Å². The Labute approximate surface area is 222 Å². The van der Waals surface area contributed by atoms with Crippen LogP contribution in [0.2, 0.25) is 0 Å². The SMILES string of the molecule is CCCOC(=O)c1ccccc1N1C(=O)C(Nc2cccc(C(=O)O)c2)=C(Sc2nc(C)cc(C)n2)C1=O. The number of benzene rings is 2. The number of nitrogens with one attached hydrogen (secondary N) is 1. The van der Waals surface area contributed by atoms with Gasteiger partial charge in [-0.1, -0.05) is 25.1 Å². The Bertz CT molecular complexity index is 1470. The van der Waals surface area contributed by atoms with Gasteiger partial charge in [-0.3, -0.25) is 9.59 Å². The van der Waals surface area contributed by atoms with Gasteiger partial charge in [0.25, 0.3) is 11.8 Å². The summed E-state index contributed by atoms with van der Waals surface area (Å²) < 4.78 is 5.26. The van der Waals surface area contributed by atoms with E-state index in [2.05, 4.69) is 15.3 Å². The Kier molecular flexibility index (Phi) is 7.87.